The van der Waals surface area contributed by atoms with E-state index in [2.05, 4.69) is 20.6 Å². The van der Waals surface area contributed by atoms with Crippen LogP contribution >= 0.6 is 0 Å². The second kappa shape index (κ2) is 6.18. The summed E-state index contributed by atoms with van der Waals surface area (Å²) in [5, 5.41) is 5.85. The molecule has 0 fully saturated rings. The van der Waals surface area contributed by atoms with Crippen LogP contribution in [0.1, 0.15) is 19.4 Å². The van der Waals surface area contributed by atoms with Gasteiger partial charge in [-0.1, -0.05) is 0 Å². The van der Waals surface area contributed by atoms with Gasteiger partial charge in [0.1, 0.15) is 18.0 Å². The first kappa shape index (κ1) is 14.2. The van der Waals surface area contributed by atoms with Gasteiger partial charge in [-0.3, -0.25) is 4.79 Å². The van der Waals surface area contributed by atoms with Crippen molar-refractivity contribution >= 4 is 17.5 Å². The van der Waals surface area contributed by atoms with Crippen molar-refractivity contribution in [1.29, 1.82) is 0 Å². The van der Waals surface area contributed by atoms with Crippen LogP contribution in [-0.4, -0.2) is 42.6 Å². The van der Waals surface area contributed by atoms with Crippen LogP contribution < -0.4 is 15.5 Å². The van der Waals surface area contributed by atoms with Crippen LogP contribution in [0.25, 0.3) is 0 Å². The number of carbonyl (C=O) groups excluding carboxylic acids is 1. The van der Waals surface area contributed by atoms with Gasteiger partial charge in [0.25, 0.3) is 0 Å². The van der Waals surface area contributed by atoms with Crippen molar-refractivity contribution in [1.82, 2.24) is 15.3 Å². The van der Waals surface area contributed by atoms with Crippen molar-refractivity contribution in [3.05, 3.63) is 11.9 Å². The van der Waals surface area contributed by atoms with Crippen LogP contribution in [0.3, 0.4) is 0 Å². The zero-order valence-electron chi connectivity index (χ0n) is 11.6. The minimum absolute atomic E-state index is 0.0171. The molecule has 0 spiro atoms. The maximum absolute atomic E-state index is 11.7. The number of hydrogen-bond acceptors (Lipinski definition) is 5. The molecule has 1 rings (SSSR count). The summed E-state index contributed by atoms with van der Waals surface area (Å²) in [4.78, 5) is 21.8. The molecule has 100 valence electrons. The van der Waals surface area contributed by atoms with Gasteiger partial charge in [-0.2, -0.15) is 0 Å². The van der Waals surface area contributed by atoms with E-state index in [1.54, 1.807) is 0 Å². The Labute approximate surface area is 108 Å². The number of aromatic nitrogens is 2. The lowest BCUT2D eigenvalue weighted by Crippen LogP contribution is -2.39. The molecular formula is C12H21N5O. The Balaban J connectivity index is 2.78. The number of likely N-dealkylation sites (N-methyl/N-ethyl adjacent to an activating group) is 1. The number of carbonyl (C=O) groups is 1. The summed E-state index contributed by atoms with van der Waals surface area (Å²) in [7, 11) is 3.65. The predicted molar refractivity (Wildman–Crippen MR) is 72.9 cm³/mol. The maximum Gasteiger partial charge on any atom is 0.239 e. The van der Waals surface area contributed by atoms with Crippen LogP contribution in [0, 0.1) is 6.92 Å². The van der Waals surface area contributed by atoms with Gasteiger partial charge in [-0.15, -0.1) is 0 Å². The summed E-state index contributed by atoms with van der Waals surface area (Å²) in [5.74, 6) is 1.51. The molecule has 0 bridgehead atoms. The monoisotopic (exact) mass is 251 g/mol. The number of rotatable bonds is 5. The van der Waals surface area contributed by atoms with Crippen LogP contribution in [0.4, 0.5) is 11.6 Å². The normalized spacial score (nSPS) is 10.3. The highest BCUT2D eigenvalue weighted by Crippen LogP contribution is 2.20. The number of hydrogen-bond donors (Lipinski definition) is 2. The van der Waals surface area contributed by atoms with Gasteiger partial charge in [0.2, 0.25) is 5.91 Å². The Morgan fingerprint density at radius 1 is 1.44 bits per heavy atom. The summed E-state index contributed by atoms with van der Waals surface area (Å²) < 4.78 is 0. The maximum atomic E-state index is 11.7. The van der Waals surface area contributed by atoms with Gasteiger partial charge >= 0.3 is 0 Å². The molecule has 1 heterocycles. The summed E-state index contributed by atoms with van der Waals surface area (Å²) in [6.45, 7) is 6.08. The fraction of sp³-hybridized carbons (Fsp3) is 0.583. The fourth-order valence-corrected chi connectivity index (χ4v) is 1.74. The quantitative estimate of drug-likeness (QED) is 0.809. The topological polar surface area (TPSA) is 70.2 Å². The van der Waals surface area contributed by atoms with Crippen LogP contribution in [0.5, 0.6) is 0 Å². The molecule has 2 N–H and O–H groups in total. The van der Waals surface area contributed by atoms with Gasteiger partial charge in [-0.05, 0) is 20.8 Å². The zero-order valence-corrected chi connectivity index (χ0v) is 11.6. The highest BCUT2D eigenvalue weighted by atomic mass is 16.2. The van der Waals surface area contributed by atoms with Gasteiger partial charge in [0.15, 0.2) is 0 Å². The molecule has 0 radical (unpaired) electrons. The van der Waals surface area contributed by atoms with Gasteiger partial charge in [0, 0.05) is 25.7 Å². The van der Waals surface area contributed by atoms with E-state index in [1.807, 2.05) is 39.8 Å². The van der Waals surface area contributed by atoms with Crippen LogP contribution in [0.2, 0.25) is 0 Å². The van der Waals surface area contributed by atoms with Crippen molar-refractivity contribution in [2.24, 2.45) is 0 Å². The highest BCUT2D eigenvalue weighted by Gasteiger charge is 2.13. The Bertz CT molecular complexity index is 419. The lowest BCUT2D eigenvalue weighted by Gasteiger charge is -2.21. The first-order valence-electron chi connectivity index (χ1n) is 5.95. The first-order valence-corrected chi connectivity index (χ1v) is 5.95. The largest absolute Gasteiger partial charge is 0.373 e. The summed E-state index contributed by atoms with van der Waals surface area (Å²) in [6, 6.07) is 0.144. The molecule has 6 nitrogen and oxygen atoms in total. The van der Waals surface area contributed by atoms with E-state index in [9.17, 15) is 4.79 Å². The molecule has 0 aliphatic rings. The minimum Gasteiger partial charge on any atom is -0.373 e. The van der Waals surface area contributed by atoms with E-state index in [0.29, 0.717) is 0 Å². The first-order chi connectivity index (χ1) is 8.45. The standard InChI is InChI=1S/C12H21N5O/c1-8(2)16-10(18)6-17(5)12-9(3)11(13-4)14-7-15-12/h7-8H,6H2,1-5H3,(H,16,18)(H,13,14,15). The molecule has 1 aromatic rings. The molecule has 0 aliphatic heterocycles. The van der Waals surface area contributed by atoms with Gasteiger partial charge in [-0.25, -0.2) is 9.97 Å². The van der Waals surface area contributed by atoms with Crippen molar-refractivity contribution < 1.29 is 4.79 Å². The minimum atomic E-state index is -0.0171. The lowest BCUT2D eigenvalue weighted by molar-refractivity contribution is -0.120. The van der Waals surface area contributed by atoms with E-state index >= 15 is 0 Å². The number of nitrogens with zero attached hydrogens (tertiary/aromatic N) is 3. The third-order valence-corrected chi connectivity index (χ3v) is 2.49. The number of amides is 1. The molecular weight excluding hydrogens is 230 g/mol. The average molecular weight is 251 g/mol. The van der Waals surface area contributed by atoms with E-state index in [4.69, 9.17) is 0 Å². The van der Waals surface area contributed by atoms with E-state index in [-0.39, 0.29) is 18.5 Å². The van der Waals surface area contributed by atoms with Gasteiger partial charge < -0.3 is 15.5 Å². The SMILES string of the molecule is CNc1ncnc(N(C)CC(=O)NC(C)C)c1C. The smallest absolute Gasteiger partial charge is 0.239 e. The molecule has 1 amide bonds. The number of anilines is 2. The predicted octanol–water partition coefficient (Wildman–Crippen LogP) is 0.788. The summed E-state index contributed by atoms with van der Waals surface area (Å²) >= 11 is 0. The van der Waals surface area contributed by atoms with E-state index in [1.165, 1.54) is 6.33 Å². The number of nitrogens with one attached hydrogen (secondary N) is 2. The Morgan fingerprint density at radius 3 is 2.67 bits per heavy atom. The summed E-state index contributed by atoms with van der Waals surface area (Å²) in [6.07, 6.45) is 1.49. The zero-order chi connectivity index (χ0) is 13.7. The fourth-order valence-electron chi connectivity index (χ4n) is 1.74. The van der Waals surface area contributed by atoms with E-state index in [0.717, 1.165) is 17.2 Å². The molecule has 6 heteroatoms. The van der Waals surface area contributed by atoms with Crippen molar-refractivity contribution in [3.63, 3.8) is 0 Å². The molecule has 1 aromatic heterocycles. The average Bonchev–Trinajstić information content (AvgIpc) is 2.27. The third-order valence-electron chi connectivity index (χ3n) is 2.49. The Hall–Kier alpha value is -1.85. The Kier molecular flexibility index (Phi) is 4.88. The van der Waals surface area contributed by atoms with Crippen LogP contribution in [-0.2, 0) is 4.79 Å². The molecule has 0 unspecified atom stereocenters. The Morgan fingerprint density at radius 2 is 2.11 bits per heavy atom. The van der Waals surface area contributed by atoms with Crippen LogP contribution in [0.15, 0.2) is 6.33 Å². The molecule has 0 atom stereocenters. The second-order valence-corrected chi connectivity index (χ2v) is 4.50. The molecule has 18 heavy (non-hydrogen) atoms. The summed E-state index contributed by atoms with van der Waals surface area (Å²) in [5.41, 5.74) is 0.930. The second-order valence-electron chi connectivity index (χ2n) is 4.50. The highest BCUT2D eigenvalue weighted by molar-refractivity contribution is 5.81. The molecule has 0 saturated carbocycles. The molecule has 0 aliphatic carbocycles. The van der Waals surface area contributed by atoms with Crippen molar-refractivity contribution in [3.8, 4) is 0 Å². The van der Waals surface area contributed by atoms with Crippen molar-refractivity contribution in [2.75, 3.05) is 30.9 Å². The van der Waals surface area contributed by atoms with Gasteiger partial charge in [0.05, 0.1) is 6.54 Å². The van der Waals surface area contributed by atoms with E-state index < -0.39 is 0 Å². The third kappa shape index (κ3) is 3.58. The molecule has 0 saturated heterocycles. The van der Waals surface area contributed by atoms with Crippen molar-refractivity contribution in [2.45, 2.75) is 26.8 Å². The lowest BCUT2D eigenvalue weighted by atomic mass is 10.3. The molecule has 0 aromatic carbocycles.